The minimum Gasteiger partial charge on any atom is -0.233 e. The molecule has 3 nitrogen and oxygen atoms in total. The van der Waals surface area contributed by atoms with E-state index in [1.165, 1.54) is 38.9 Å². The zero-order valence-electron chi connectivity index (χ0n) is 20.6. The molecule has 1 unspecified atom stereocenters. The van der Waals surface area contributed by atoms with E-state index in [1.807, 2.05) is 18.5 Å². The molecule has 178 valence electrons. The van der Waals surface area contributed by atoms with Crippen LogP contribution in [0.4, 0.5) is 0 Å². The summed E-state index contributed by atoms with van der Waals surface area (Å²) in [6.45, 7) is 0.767. The third kappa shape index (κ3) is 5.12. The van der Waals surface area contributed by atoms with Gasteiger partial charge in [-0.1, -0.05) is 140 Å². The quantitative estimate of drug-likeness (QED) is 0.223. The summed E-state index contributed by atoms with van der Waals surface area (Å²) in [7, 11) is 0. The molecule has 0 spiro atoms. The van der Waals surface area contributed by atoms with Crippen molar-refractivity contribution in [1.82, 2.24) is 9.78 Å². The second-order valence-electron chi connectivity index (χ2n) is 9.26. The van der Waals surface area contributed by atoms with Gasteiger partial charge in [0, 0.05) is 5.10 Å². The van der Waals surface area contributed by atoms with E-state index in [0.29, 0.717) is 0 Å². The fourth-order valence-corrected chi connectivity index (χ4v) is 4.82. The van der Waals surface area contributed by atoms with E-state index in [0.717, 1.165) is 6.54 Å². The van der Waals surface area contributed by atoms with Crippen molar-refractivity contribution < 1.29 is 4.57 Å². The number of hydrogen-bond donors (Lipinski definition) is 0. The lowest BCUT2D eigenvalue weighted by atomic mass is 9.96. The minimum absolute atomic E-state index is 0.00673. The maximum absolute atomic E-state index is 4.79. The topological polar surface area (TPSA) is 21.7 Å². The Hall–Kier alpha value is -4.76. The van der Waals surface area contributed by atoms with Crippen molar-refractivity contribution >= 4 is 0 Å². The van der Waals surface area contributed by atoms with Crippen LogP contribution < -0.4 is 4.57 Å². The predicted molar refractivity (Wildman–Crippen MR) is 149 cm³/mol. The standard InChI is InChI=1S/C34H28N3/c1-4-10-28(11-5-1)30-18-16-27(17-19-30)24-36-25-35-37(26-36)34(32-14-8-3-9-15-32)33-22-20-31(21-23-33)29-12-6-2-7-13-29/h1-23,25-26,34H,24H2/q+1. The maximum Gasteiger partial charge on any atom is 0.265 e. The van der Waals surface area contributed by atoms with Gasteiger partial charge in [-0.2, -0.15) is 0 Å². The normalized spacial score (nSPS) is 11.8. The van der Waals surface area contributed by atoms with Gasteiger partial charge >= 0.3 is 0 Å². The van der Waals surface area contributed by atoms with Crippen LogP contribution in [-0.4, -0.2) is 9.78 Å². The van der Waals surface area contributed by atoms with Crippen molar-refractivity contribution in [3.05, 3.63) is 169 Å². The van der Waals surface area contributed by atoms with Gasteiger partial charge in [-0.3, -0.25) is 0 Å². The Morgan fingerprint density at radius 3 is 1.54 bits per heavy atom. The van der Waals surface area contributed by atoms with Gasteiger partial charge in [0.05, 0.1) is 6.54 Å². The third-order valence-corrected chi connectivity index (χ3v) is 6.74. The molecule has 3 heteroatoms. The van der Waals surface area contributed by atoms with Crippen LogP contribution in [0.2, 0.25) is 0 Å². The Bertz CT molecular complexity index is 1550. The molecule has 0 saturated heterocycles. The first kappa shape index (κ1) is 22.7. The van der Waals surface area contributed by atoms with Crippen molar-refractivity contribution in [2.75, 3.05) is 0 Å². The molecule has 0 aliphatic rings. The third-order valence-electron chi connectivity index (χ3n) is 6.74. The zero-order valence-corrected chi connectivity index (χ0v) is 20.6. The molecule has 0 aliphatic heterocycles. The largest absolute Gasteiger partial charge is 0.265 e. The summed E-state index contributed by atoms with van der Waals surface area (Å²) in [5, 5.41) is 4.79. The molecule has 1 aromatic heterocycles. The van der Waals surface area contributed by atoms with E-state index in [1.54, 1.807) is 0 Å². The zero-order chi connectivity index (χ0) is 24.9. The average Bonchev–Trinajstić information content (AvgIpc) is 3.43. The fourth-order valence-electron chi connectivity index (χ4n) is 4.82. The summed E-state index contributed by atoms with van der Waals surface area (Å²) in [6, 6.07) is 49.2. The van der Waals surface area contributed by atoms with E-state index in [2.05, 4.69) is 143 Å². The van der Waals surface area contributed by atoms with Crippen molar-refractivity contribution in [2.45, 2.75) is 12.6 Å². The van der Waals surface area contributed by atoms with E-state index in [9.17, 15) is 0 Å². The van der Waals surface area contributed by atoms with Crippen LogP contribution >= 0.6 is 0 Å². The summed E-state index contributed by atoms with van der Waals surface area (Å²) in [5.74, 6) is 0. The van der Waals surface area contributed by atoms with Crippen LogP contribution in [-0.2, 0) is 6.54 Å². The lowest BCUT2D eigenvalue weighted by Gasteiger charge is -2.14. The Balaban J connectivity index is 1.26. The highest BCUT2D eigenvalue weighted by atomic mass is 15.4. The lowest BCUT2D eigenvalue weighted by molar-refractivity contribution is -0.689. The summed E-state index contributed by atoms with van der Waals surface area (Å²) in [4.78, 5) is 0. The van der Waals surface area contributed by atoms with Gasteiger partial charge in [-0.25, -0.2) is 4.57 Å². The summed E-state index contributed by atoms with van der Waals surface area (Å²) < 4.78 is 4.21. The molecule has 0 N–H and O–H groups in total. The highest BCUT2D eigenvalue weighted by molar-refractivity contribution is 5.64. The van der Waals surface area contributed by atoms with E-state index in [4.69, 9.17) is 5.10 Å². The first-order valence-corrected chi connectivity index (χ1v) is 12.6. The molecule has 6 rings (SSSR count). The summed E-state index contributed by atoms with van der Waals surface area (Å²) >= 11 is 0. The number of nitrogens with zero attached hydrogens (tertiary/aromatic N) is 3. The molecule has 6 aromatic rings. The molecule has 0 aliphatic carbocycles. The van der Waals surface area contributed by atoms with Gasteiger partial charge in [-0.05, 0) is 38.9 Å². The Morgan fingerprint density at radius 1 is 0.514 bits per heavy atom. The van der Waals surface area contributed by atoms with Gasteiger partial charge in [0.2, 0.25) is 6.33 Å². The Kier molecular flexibility index (Phi) is 6.42. The van der Waals surface area contributed by atoms with Crippen LogP contribution in [0.15, 0.2) is 152 Å². The van der Waals surface area contributed by atoms with Crippen LogP contribution in [0, 0.1) is 0 Å². The van der Waals surface area contributed by atoms with Gasteiger partial charge in [0.1, 0.15) is 0 Å². The summed E-state index contributed by atoms with van der Waals surface area (Å²) in [6.07, 6.45) is 4.02. The molecule has 1 atom stereocenters. The average molecular weight is 479 g/mol. The molecule has 0 bridgehead atoms. The molecular formula is C34H28N3+. The van der Waals surface area contributed by atoms with Crippen molar-refractivity contribution in [3.63, 3.8) is 0 Å². The highest BCUT2D eigenvalue weighted by Crippen LogP contribution is 2.28. The van der Waals surface area contributed by atoms with Gasteiger partial charge in [0.15, 0.2) is 6.04 Å². The number of hydrogen-bond acceptors (Lipinski definition) is 1. The van der Waals surface area contributed by atoms with Crippen LogP contribution in [0.25, 0.3) is 22.3 Å². The predicted octanol–water partition coefficient (Wildman–Crippen LogP) is 7.19. The Labute approximate surface area is 217 Å². The van der Waals surface area contributed by atoms with E-state index < -0.39 is 0 Å². The SMILES string of the molecule is c1ccc(-c2ccc(C[n+]3cnn(C(c4ccccc4)c4ccc(-c5ccccc5)cc4)c3)cc2)cc1. The number of aromatic nitrogens is 3. The van der Waals surface area contributed by atoms with Crippen LogP contribution in [0.1, 0.15) is 22.7 Å². The first-order chi connectivity index (χ1) is 18.3. The van der Waals surface area contributed by atoms with Crippen molar-refractivity contribution in [1.29, 1.82) is 0 Å². The lowest BCUT2D eigenvalue weighted by Crippen LogP contribution is -2.32. The second kappa shape index (κ2) is 10.5. The van der Waals surface area contributed by atoms with Crippen LogP contribution in [0.5, 0.6) is 0 Å². The molecule has 37 heavy (non-hydrogen) atoms. The summed E-state index contributed by atoms with van der Waals surface area (Å²) in [5.41, 5.74) is 8.55. The molecule has 0 fully saturated rings. The number of rotatable bonds is 7. The van der Waals surface area contributed by atoms with Crippen LogP contribution in [0.3, 0.4) is 0 Å². The van der Waals surface area contributed by atoms with Gasteiger partial charge in [-0.15, -0.1) is 4.68 Å². The van der Waals surface area contributed by atoms with Crippen molar-refractivity contribution in [3.8, 4) is 22.3 Å². The van der Waals surface area contributed by atoms with Gasteiger partial charge < -0.3 is 0 Å². The number of benzene rings is 5. The fraction of sp³-hybridized carbons (Fsp3) is 0.0588. The minimum atomic E-state index is -0.00673. The second-order valence-corrected chi connectivity index (χ2v) is 9.26. The van der Waals surface area contributed by atoms with Gasteiger partial charge in [0.25, 0.3) is 6.33 Å². The Morgan fingerprint density at radius 2 is 0.973 bits per heavy atom. The molecule has 0 amide bonds. The first-order valence-electron chi connectivity index (χ1n) is 12.6. The molecule has 5 aromatic carbocycles. The smallest absolute Gasteiger partial charge is 0.233 e. The monoisotopic (exact) mass is 478 g/mol. The highest BCUT2D eigenvalue weighted by Gasteiger charge is 2.23. The molecule has 0 saturated carbocycles. The molecule has 0 radical (unpaired) electrons. The molecular weight excluding hydrogens is 450 g/mol. The molecule has 1 heterocycles. The van der Waals surface area contributed by atoms with E-state index >= 15 is 0 Å². The maximum atomic E-state index is 4.79. The van der Waals surface area contributed by atoms with Crippen molar-refractivity contribution in [2.24, 2.45) is 0 Å². The van der Waals surface area contributed by atoms with E-state index in [-0.39, 0.29) is 6.04 Å².